The lowest BCUT2D eigenvalue weighted by Crippen LogP contribution is -2.29. The molecule has 2 aliphatic rings. The molecule has 8 heteroatoms. The third kappa shape index (κ3) is 4.07. The van der Waals surface area contributed by atoms with Gasteiger partial charge in [0.2, 0.25) is 0 Å². The summed E-state index contributed by atoms with van der Waals surface area (Å²) in [6.45, 7) is 0.466. The maximum atomic E-state index is 13.7. The summed E-state index contributed by atoms with van der Waals surface area (Å²) in [5.41, 5.74) is 2.73. The van der Waals surface area contributed by atoms with Crippen LogP contribution >= 0.6 is 23.5 Å². The minimum atomic E-state index is -0.133. The van der Waals surface area contributed by atoms with Gasteiger partial charge in [0, 0.05) is 18.0 Å². The molecular formula is C25H21N3O3S2. The molecule has 0 unspecified atom stereocenters. The largest absolute Gasteiger partial charge is 0.508 e. The first kappa shape index (κ1) is 21.5. The van der Waals surface area contributed by atoms with Gasteiger partial charge in [0.1, 0.15) is 16.4 Å². The molecule has 0 aliphatic carbocycles. The molecule has 0 atom stereocenters. The fourth-order valence-corrected chi connectivity index (χ4v) is 5.94. The molecule has 3 aromatic carbocycles. The molecule has 1 amide bonds. The Bertz CT molecular complexity index is 1270. The number of rotatable bonds is 4. The zero-order chi connectivity index (χ0) is 22.9. The average Bonchev–Trinajstić information content (AvgIpc) is 3.34. The Kier molecular flexibility index (Phi) is 5.78. The van der Waals surface area contributed by atoms with Crippen LogP contribution in [-0.2, 0) is 11.3 Å². The minimum absolute atomic E-state index is 0.133. The highest BCUT2D eigenvalue weighted by Gasteiger charge is 2.40. The van der Waals surface area contributed by atoms with Crippen molar-refractivity contribution in [1.29, 1.82) is 0 Å². The fourth-order valence-electron chi connectivity index (χ4n) is 3.63. The van der Waals surface area contributed by atoms with E-state index in [-0.39, 0.29) is 11.7 Å². The Morgan fingerprint density at radius 1 is 1.00 bits per heavy atom. The SMILES string of the molecule is COc1ccc2c(c1)N(C)C(=C1SC(=NCc3ccccc3)N(c3ccc(O)cc3)C1=O)S2. The number of fused-ring (bicyclic) bond motifs is 1. The fraction of sp³-hybridized carbons (Fsp3) is 0.120. The minimum Gasteiger partial charge on any atom is -0.508 e. The van der Waals surface area contributed by atoms with Gasteiger partial charge in [0.15, 0.2) is 5.17 Å². The lowest BCUT2D eigenvalue weighted by atomic mass is 10.2. The van der Waals surface area contributed by atoms with Crippen LogP contribution in [0.2, 0.25) is 0 Å². The molecule has 0 aromatic heterocycles. The van der Waals surface area contributed by atoms with Crippen LogP contribution in [0.1, 0.15) is 5.56 Å². The van der Waals surface area contributed by atoms with E-state index in [1.54, 1.807) is 48.0 Å². The standard InChI is InChI=1S/C25H21N3O3S2/c1-27-20-14-19(31-2)12-13-21(20)32-24(27)22-23(30)28(17-8-10-18(29)11-9-17)25(33-22)26-15-16-6-4-3-5-7-16/h3-14,29H,15H2,1-2H3. The molecule has 2 aliphatic heterocycles. The maximum absolute atomic E-state index is 13.7. The molecule has 0 spiro atoms. The van der Waals surface area contributed by atoms with Gasteiger partial charge in [0.05, 0.1) is 30.1 Å². The molecule has 1 fully saturated rings. The van der Waals surface area contributed by atoms with Gasteiger partial charge in [-0.05, 0) is 53.7 Å². The number of aliphatic imine (C=N–C) groups is 1. The summed E-state index contributed by atoms with van der Waals surface area (Å²) in [6, 6.07) is 22.5. The summed E-state index contributed by atoms with van der Waals surface area (Å²) < 4.78 is 5.37. The second kappa shape index (κ2) is 8.88. The van der Waals surface area contributed by atoms with E-state index in [1.165, 1.54) is 11.8 Å². The lowest BCUT2D eigenvalue weighted by molar-refractivity contribution is -0.113. The maximum Gasteiger partial charge on any atom is 0.274 e. The smallest absolute Gasteiger partial charge is 0.274 e. The zero-order valence-corrected chi connectivity index (χ0v) is 19.7. The van der Waals surface area contributed by atoms with E-state index in [9.17, 15) is 9.90 Å². The van der Waals surface area contributed by atoms with Crippen molar-refractivity contribution in [2.75, 3.05) is 24.0 Å². The lowest BCUT2D eigenvalue weighted by Gasteiger charge is -2.17. The summed E-state index contributed by atoms with van der Waals surface area (Å²) in [5.74, 6) is 0.787. The number of carbonyl (C=O) groups excluding carboxylic acids is 1. The monoisotopic (exact) mass is 475 g/mol. The van der Waals surface area contributed by atoms with E-state index in [4.69, 9.17) is 9.73 Å². The Morgan fingerprint density at radius 3 is 2.48 bits per heavy atom. The van der Waals surface area contributed by atoms with Crippen molar-refractivity contribution >= 4 is 46.0 Å². The van der Waals surface area contributed by atoms with Crippen LogP contribution in [0.5, 0.6) is 11.5 Å². The number of hydrogen-bond acceptors (Lipinski definition) is 7. The molecular weight excluding hydrogens is 454 g/mol. The quantitative estimate of drug-likeness (QED) is 0.507. The van der Waals surface area contributed by atoms with E-state index in [0.717, 1.165) is 26.9 Å². The molecule has 1 saturated heterocycles. The van der Waals surface area contributed by atoms with Gasteiger partial charge in [0.25, 0.3) is 5.91 Å². The Morgan fingerprint density at radius 2 is 1.76 bits per heavy atom. The van der Waals surface area contributed by atoms with Crippen LogP contribution in [0.15, 0.2) is 92.6 Å². The average molecular weight is 476 g/mol. The summed E-state index contributed by atoms with van der Waals surface area (Å²) >= 11 is 2.94. The second-order valence-electron chi connectivity index (χ2n) is 7.47. The molecule has 6 nitrogen and oxygen atoms in total. The molecule has 3 aromatic rings. The molecule has 1 N–H and O–H groups in total. The Hall–Kier alpha value is -3.36. The molecule has 166 valence electrons. The molecule has 0 radical (unpaired) electrons. The van der Waals surface area contributed by atoms with Gasteiger partial charge in [-0.1, -0.05) is 42.1 Å². The van der Waals surface area contributed by atoms with Gasteiger partial charge < -0.3 is 14.7 Å². The van der Waals surface area contributed by atoms with Crippen LogP contribution in [0.4, 0.5) is 11.4 Å². The number of ether oxygens (including phenoxy) is 1. The molecule has 0 bridgehead atoms. The summed E-state index contributed by atoms with van der Waals surface area (Å²) in [7, 11) is 3.60. The highest BCUT2D eigenvalue weighted by atomic mass is 32.2. The number of nitrogens with zero attached hydrogens (tertiary/aromatic N) is 3. The summed E-state index contributed by atoms with van der Waals surface area (Å²) in [4.78, 5) is 23.8. The van der Waals surface area contributed by atoms with E-state index >= 15 is 0 Å². The van der Waals surface area contributed by atoms with Crippen molar-refractivity contribution in [2.24, 2.45) is 4.99 Å². The molecule has 0 saturated carbocycles. The van der Waals surface area contributed by atoms with Crippen molar-refractivity contribution in [3.63, 3.8) is 0 Å². The number of hydrogen-bond donors (Lipinski definition) is 1. The van der Waals surface area contributed by atoms with Crippen molar-refractivity contribution in [1.82, 2.24) is 0 Å². The molecule has 33 heavy (non-hydrogen) atoms. The normalized spacial score (nSPS) is 18.8. The first-order valence-electron chi connectivity index (χ1n) is 10.3. The first-order valence-corrected chi connectivity index (χ1v) is 11.9. The van der Waals surface area contributed by atoms with Gasteiger partial charge >= 0.3 is 0 Å². The number of phenolic OH excluding ortho intramolecular Hbond substituents is 1. The van der Waals surface area contributed by atoms with Crippen molar-refractivity contribution in [3.8, 4) is 11.5 Å². The number of methoxy groups -OCH3 is 1. The Balaban J connectivity index is 1.54. The molecule has 2 heterocycles. The van der Waals surface area contributed by atoms with E-state index in [0.29, 0.717) is 22.3 Å². The topological polar surface area (TPSA) is 65.4 Å². The highest BCUT2D eigenvalue weighted by molar-refractivity contribution is 8.20. The van der Waals surface area contributed by atoms with E-state index in [1.807, 2.05) is 60.5 Å². The van der Waals surface area contributed by atoms with E-state index < -0.39 is 0 Å². The second-order valence-corrected chi connectivity index (χ2v) is 9.48. The Labute approximate surface area is 200 Å². The van der Waals surface area contributed by atoms with E-state index in [2.05, 4.69) is 0 Å². The summed E-state index contributed by atoms with van der Waals surface area (Å²) in [5, 5.41) is 11.2. The number of benzene rings is 3. The number of anilines is 2. The van der Waals surface area contributed by atoms with Crippen LogP contribution in [0, 0.1) is 0 Å². The van der Waals surface area contributed by atoms with Crippen LogP contribution in [0.25, 0.3) is 0 Å². The predicted molar refractivity (Wildman–Crippen MR) is 135 cm³/mol. The third-order valence-electron chi connectivity index (χ3n) is 5.36. The van der Waals surface area contributed by atoms with Gasteiger partial charge in [-0.15, -0.1) is 0 Å². The highest BCUT2D eigenvalue weighted by Crippen LogP contribution is 2.51. The van der Waals surface area contributed by atoms with Crippen molar-refractivity contribution in [3.05, 3.63) is 88.3 Å². The van der Waals surface area contributed by atoms with Crippen molar-refractivity contribution in [2.45, 2.75) is 11.4 Å². The summed E-state index contributed by atoms with van der Waals surface area (Å²) in [6.07, 6.45) is 0. The van der Waals surface area contributed by atoms with Gasteiger partial charge in [-0.2, -0.15) is 0 Å². The van der Waals surface area contributed by atoms with Crippen LogP contribution in [0.3, 0.4) is 0 Å². The van der Waals surface area contributed by atoms with Crippen molar-refractivity contribution < 1.29 is 14.6 Å². The van der Waals surface area contributed by atoms with Gasteiger partial charge in [-0.3, -0.25) is 14.7 Å². The molecule has 5 rings (SSSR count). The first-order chi connectivity index (χ1) is 16.0. The van der Waals surface area contributed by atoms with Crippen LogP contribution < -0.4 is 14.5 Å². The zero-order valence-electron chi connectivity index (χ0n) is 18.1. The predicted octanol–water partition coefficient (Wildman–Crippen LogP) is 5.45. The number of amides is 1. The van der Waals surface area contributed by atoms with Crippen LogP contribution in [-0.4, -0.2) is 30.3 Å². The number of carbonyl (C=O) groups is 1. The van der Waals surface area contributed by atoms with Gasteiger partial charge in [-0.25, -0.2) is 0 Å². The number of aromatic hydroxyl groups is 1. The number of phenols is 1. The number of amidine groups is 1. The number of thioether (sulfide) groups is 2. The third-order valence-corrected chi connectivity index (χ3v) is 7.79.